The first-order valence-electron chi connectivity index (χ1n) is 7.49. The van der Waals surface area contributed by atoms with Gasteiger partial charge in [0.1, 0.15) is 0 Å². The van der Waals surface area contributed by atoms with E-state index < -0.39 is 18.2 Å². The number of primary amides is 1. The molecule has 122 valence electrons. The Morgan fingerprint density at radius 3 is 2.62 bits per heavy atom. The second-order valence-corrected chi connectivity index (χ2v) is 5.95. The average Bonchev–Trinajstić information content (AvgIpc) is 2.38. The van der Waals surface area contributed by atoms with Crippen LogP contribution in [0.3, 0.4) is 0 Å². The Bertz CT molecular complexity index is 362. The fourth-order valence-electron chi connectivity index (χ4n) is 2.61. The van der Waals surface area contributed by atoms with Gasteiger partial charge in [-0.15, -0.1) is 0 Å². The molecule has 4 N–H and O–H groups in total. The highest BCUT2D eigenvalue weighted by Gasteiger charge is 2.31. The normalized spacial score (nSPS) is 23.8. The van der Waals surface area contributed by atoms with Crippen LogP contribution in [0.1, 0.15) is 33.6 Å². The van der Waals surface area contributed by atoms with Gasteiger partial charge in [-0.2, -0.15) is 0 Å². The zero-order valence-electron chi connectivity index (χ0n) is 13.0. The van der Waals surface area contributed by atoms with Gasteiger partial charge in [0.05, 0.1) is 18.8 Å². The number of aliphatic hydroxyl groups excluding tert-OH is 1. The summed E-state index contributed by atoms with van der Waals surface area (Å²) in [5.74, 6) is 0.265. The van der Waals surface area contributed by atoms with Crippen LogP contribution >= 0.6 is 0 Å². The molecule has 7 heteroatoms. The zero-order chi connectivity index (χ0) is 16.0. The minimum absolute atomic E-state index is 0.107. The number of ether oxygens (including phenoxy) is 1. The van der Waals surface area contributed by atoms with Crippen LogP contribution in [0.25, 0.3) is 0 Å². The molecule has 0 aromatic heterocycles. The van der Waals surface area contributed by atoms with Crippen molar-refractivity contribution in [1.29, 1.82) is 0 Å². The van der Waals surface area contributed by atoms with E-state index in [1.54, 1.807) is 6.92 Å². The number of nitrogens with two attached hydrogens (primary N) is 1. The summed E-state index contributed by atoms with van der Waals surface area (Å²) in [7, 11) is 0. The Hall–Kier alpha value is -1.50. The molecule has 0 aliphatic carbocycles. The summed E-state index contributed by atoms with van der Waals surface area (Å²) in [6.07, 6.45) is 0.373. The number of urea groups is 1. The van der Waals surface area contributed by atoms with Gasteiger partial charge in [0.25, 0.3) is 0 Å². The van der Waals surface area contributed by atoms with Crippen LogP contribution < -0.4 is 11.1 Å². The molecular formula is C14H27N3O4. The van der Waals surface area contributed by atoms with Gasteiger partial charge in [0, 0.05) is 13.1 Å². The van der Waals surface area contributed by atoms with Gasteiger partial charge in [-0.3, -0.25) is 0 Å². The van der Waals surface area contributed by atoms with E-state index in [1.807, 2.05) is 13.8 Å². The van der Waals surface area contributed by atoms with Crippen LogP contribution in [0.15, 0.2) is 0 Å². The highest BCUT2D eigenvalue weighted by Crippen LogP contribution is 2.23. The Labute approximate surface area is 125 Å². The third-order valence-corrected chi connectivity index (χ3v) is 3.79. The summed E-state index contributed by atoms with van der Waals surface area (Å²) >= 11 is 0. The Morgan fingerprint density at radius 2 is 2.10 bits per heavy atom. The molecule has 0 bridgehead atoms. The average molecular weight is 301 g/mol. The van der Waals surface area contributed by atoms with Gasteiger partial charge >= 0.3 is 12.1 Å². The van der Waals surface area contributed by atoms with E-state index in [2.05, 4.69) is 5.32 Å². The molecule has 1 rings (SSSR count). The third kappa shape index (κ3) is 5.79. The van der Waals surface area contributed by atoms with Crippen molar-refractivity contribution in [3.05, 3.63) is 0 Å². The molecule has 1 saturated heterocycles. The summed E-state index contributed by atoms with van der Waals surface area (Å²) in [5, 5.41) is 12.8. The molecule has 21 heavy (non-hydrogen) atoms. The number of hydrogen-bond donors (Lipinski definition) is 3. The number of nitrogens with one attached hydrogen (secondary N) is 1. The maximum atomic E-state index is 11.5. The van der Waals surface area contributed by atoms with E-state index in [-0.39, 0.29) is 17.9 Å². The van der Waals surface area contributed by atoms with Crippen molar-refractivity contribution in [2.24, 2.45) is 17.6 Å². The smallest absolute Gasteiger partial charge is 0.407 e. The minimum atomic E-state index is -0.505. The predicted molar refractivity (Wildman–Crippen MR) is 78.7 cm³/mol. The van der Waals surface area contributed by atoms with Gasteiger partial charge in [-0.05, 0) is 31.6 Å². The van der Waals surface area contributed by atoms with E-state index >= 15 is 0 Å². The maximum absolute atomic E-state index is 11.5. The number of nitrogens with zero attached hydrogens (tertiary/aromatic N) is 1. The Morgan fingerprint density at radius 1 is 1.43 bits per heavy atom. The minimum Gasteiger partial charge on any atom is -0.450 e. The first-order chi connectivity index (χ1) is 9.83. The van der Waals surface area contributed by atoms with Crippen molar-refractivity contribution in [2.45, 2.75) is 45.8 Å². The van der Waals surface area contributed by atoms with Gasteiger partial charge < -0.3 is 25.8 Å². The maximum Gasteiger partial charge on any atom is 0.407 e. The number of alkyl carbamates (subject to hydrolysis) is 1. The van der Waals surface area contributed by atoms with Crippen molar-refractivity contribution in [3.8, 4) is 0 Å². The van der Waals surface area contributed by atoms with E-state index in [4.69, 9.17) is 10.5 Å². The van der Waals surface area contributed by atoms with E-state index in [0.29, 0.717) is 32.5 Å². The summed E-state index contributed by atoms with van der Waals surface area (Å²) in [6.45, 7) is 6.83. The lowest BCUT2D eigenvalue weighted by molar-refractivity contribution is 0.0688. The quantitative estimate of drug-likeness (QED) is 0.702. The van der Waals surface area contributed by atoms with E-state index in [0.717, 1.165) is 0 Å². The van der Waals surface area contributed by atoms with Gasteiger partial charge in [-0.1, -0.05) is 13.8 Å². The predicted octanol–water partition coefficient (Wildman–Crippen LogP) is 0.909. The lowest BCUT2D eigenvalue weighted by Crippen LogP contribution is -2.54. The van der Waals surface area contributed by atoms with E-state index in [9.17, 15) is 14.7 Å². The summed E-state index contributed by atoms with van der Waals surface area (Å²) in [6, 6.07) is -0.705. The molecular weight excluding hydrogens is 274 g/mol. The first-order valence-corrected chi connectivity index (χ1v) is 7.49. The van der Waals surface area contributed by atoms with Crippen molar-refractivity contribution in [2.75, 3.05) is 19.7 Å². The summed E-state index contributed by atoms with van der Waals surface area (Å²) in [5.41, 5.74) is 5.35. The van der Waals surface area contributed by atoms with Gasteiger partial charge in [0.15, 0.2) is 0 Å². The Kier molecular flexibility index (Phi) is 6.74. The molecule has 3 atom stereocenters. The molecule has 1 fully saturated rings. The largest absolute Gasteiger partial charge is 0.450 e. The van der Waals surface area contributed by atoms with Crippen molar-refractivity contribution in [3.63, 3.8) is 0 Å². The van der Waals surface area contributed by atoms with Crippen LogP contribution in [0.4, 0.5) is 9.59 Å². The lowest BCUT2D eigenvalue weighted by atomic mass is 9.87. The Balaban J connectivity index is 2.63. The van der Waals surface area contributed by atoms with E-state index in [1.165, 1.54) is 4.90 Å². The monoisotopic (exact) mass is 301 g/mol. The van der Waals surface area contributed by atoms with Crippen LogP contribution in [-0.4, -0.2) is 54.0 Å². The molecule has 0 aromatic carbocycles. The standard InChI is InChI=1S/C14H27N3O4/c1-4-21-14(20)16-11-5-10(6-12(18)9(2)3)7-17(8-11)13(15)19/h9-12,18H,4-8H2,1-3H3,(H2,15,19)(H,16,20). The number of amides is 3. The molecule has 1 aliphatic rings. The molecule has 0 radical (unpaired) electrons. The lowest BCUT2D eigenvalue weighted by Gasteiger charge is -2.38. The number of piperidine rings is 1. The topological polar surface area (TPSA) is 105 Å². The van der Waals surface area contributed by atoms with Gasteiger partial charge in [-0.25, -0.2) is 9.59 Å². The third-order valence-electron chi connectivity index (χ3n) is 3.79. The number of hydrogen-bond acceptors (Lipinski definition) is 4. The summed E-state index contributed by atoms with van der Waals surface area (Å²) < 4.78 is 4.86. The molecule has 1 heterocycles. The molecule has 1 aliphatic heterocycles. The zero-order valence-corrected chi connectivity index (χ0v) is 13.0. The second-order valence-electron chi connectivity index (χ2n) is 5.95. The first kappa shape index (κ1) is 17.6. The molecule has 0 aromatic rings. The molecule has 0 spiro atoms. The molecule has 3 unspecified atom stereocenters. The fourth-order valence-corrected chi connectivity index (χ4v) is 2.61. The van der Waals surface area contributed by atoms with Crippen molar-refractivity contribution < 1.29 is 19.4 Å². The number of aliphatic hydroxyl groups is 1. The van der Waals surface area contributed by atoms with Crippen LogP contribution in [-0.2, 0) is 4.74 Å². The van der Waals surface area contributed by atoms with Gasteiger partial charge in [0.2, 0.25) is 0 Å². The number of rotatable bonds is 5. The number of carbonyl (C=O) groups is 2. The second kappa shape index (κ2) is 8.07. The van der Waals surface area contributed by atoms with Crippen molar-refractivity contribution in [1.82, 2.24) is 10.2 Å². The van der Waals surface area contributed by atoms with Crippen LogP contribution in [0.2, 0.25) is 0 Å². The highest BCUT2D eigenvalue weighted by atomic mass is 16.5. The molecule has 3 amide bonds. The SMILES string of the molecule is CCOC(=O)NC1CC(CC(O)C(C)C)CN(C(N)=O)C1. The summed E-state index contributed by atoms with van der Waals surface area (Å²) in [4.78, 5) is 24.4. The fraction of sp³-hybridized carbons (Fsp3) is 0.857. The molecule has 0 saturated carbocycles. The van der Waals surface area contributed by atoms with Crippen LogP contribution in [0, 0.1) is 11.8 Å². The molecule has 7 nitrogen and oxygen atoms in total. The number of likely N-dealkylation sites (tertiary alicyclic amines) is 1. The number of carbonyl (C=O) groups excluding carboxylic acids is 2. The van der Waals surface area contributed by atoms with Crippen molar-refractivity contribution >= 4 is 12.1 Å². The van der Waals surface area contributed by atoms with Crippen LogP contribution in [0.5, 0.6) is 0 Å². The highest BCUT2D eigenvalue weighted by molar-refractivity contribution is 5.72.